The maximum atomic E-state index is 12.2. The third-order valence-corrected chi connectivity index (χ3v) is 4.83. The normalized spacial score (nSPS) is 16.8. The van der Waals surface area contributed by atoms with Gasteiger partial charge in [-0.3, -0.25) is 0 Å². The summed E-state index contributed by atoms with van der Waals surface area (Å²) in [6.07, 6.45) is 0.337. The number of carbonyl (C=O) groups excluding carboxylic acids is 1. The lowest BCUT2D eigenvalue weighted by atomic mass is 9.97. The van der Waals surface area contributed by atoms with Crippen molar-refractivity contribution in [3.05, 3.63) is 58.1 Å². The number of hydrogen-bond donors (Lipinski definition) is 1. The molecule has 1 unspecified atom stereocenters. The molecule has 0 aliphatic carbocycles. The van der Waals surface area contributed by atoms with Crippen LogP contribution in [0.1, 0.15) is 26.3 Å². The SMILES string of the molecule is CC(C)(C)OC(=O)NC1Cc2ccccc2N(c2ccc(Cl)c(Cl)c2)C1. The molecule has 2 aromatic rings. The molecule has 2 aromatic carbocycles. The van der Waals surface area contributed by atoms with Gasteiger partial charge in [0.15, 0.2) is 0 Å². The fourth-order valence-corrected chi connectivity index (χ4v) is 3.36. The van der Waals surface area contributed by atoms with Crippen LogP contribution >= 0.6 is 23.2 Å². The Kier molecular flexibility index (Phi) is 5.35. The van der Waals surface area contributed by atoms with Crippen LogP contribution in [0.25, 0.3) is 0 Å². The first kappa shape index (κ1) is 18.9. The molecular formula is C20H22Cl2N2O2. The van der Waals surface area contributed by atoms with Gasteiger partial charge in [-0.1, -0.05) is 41.4 Å². The van der Waals surface area contributed by atoms with Crippen LogP contribution in [0.4, 0.5) is 16.2 Å². The highest BCUT2D eigenvalue weighted by Crippen LogP contribution is 2.36. The number of nitrogens with zero attached hydrogens (tertiary/aromatic N) is 1. The molecule has 138 valence electrons. The van der Waals surface area contributed by atoms with E-state index in [-0.39, 0.29) is 6.04 Å². The molecule has 0 spiro atoms. The van der Waals surface area contributed by atoms with Crippen LogP contribution in [0.2, 0.25) is 10.0 Å². The molecule has 0 fully saturated rings. The van der Waals surface area contributed by atoms with E-state index < -0.39 is 11.7 Å². The molecule has 0 radical (unpaired) electrons. The second-order valence-electron chi connectivity index (χ2n) is 7.39. The summed E-state index contributed by atoms with van der Waals surface area (Å²) in [6.45, 7) is 6.18. The summed E-state index contributed by atoms with van der Waals surface area (Å²) in [5, 5.41) is 4.00. The van der Waals surface area contributed by atoms with E-state index in [2.05, 4.69) is 22.3 Å². The van der Waals surface area contributed by atoms with Gasteiger partial charge < -0.3 is 15.0 Å². The second-order valence-corrected chi connectivity index (χ2v) is 8.20. The lowest BCUT2D eigenvalue weighted by Crippen LogP contribution is -2.48. The molecule has 1 atom stereocenters. The first-order valence-corrected chi connectivity index (χ1v) is 9.28. The summed E-state index contributed by atoms with van der Waals surface area (Å²) >= 11 is 12.3. The Hall–Kier alpha value is -1.91. The minimum atomic E-state index is -0.528. The van der Waals surface area contributed by atoms with Gasteiger partial charge in [-0.15, -0.1) is 0 Å². The molecule has 6 heteroatoms. The number of ether oxygens (including phenoxy) is 1. The summed E-state index contributed by atoms with van der Waals surface area (Å²) in [4.78, 5) is 14.3. The largest absolute Gasteiger partial charge is 0.444 e. The van der Waals surface area contributed by atoms with Gasteiger partial charge in [0.25, 0.3) is 0 Å². The molecular weight excluding hydrogens is 371 g/mol. The fourth-order valence-electron chi connectivity index (χ4n) is 3.06. The number of para-hydroxylation sites is 1. The fraction of sp³-hybridized carbons (Fsp3) is 0.350. The van der Waals surface area contributed by atoms with Gasteiger partial charge in [0.05, 0.1) is 16.1 Å². The van der Waals surface area contributed by atoms with Crippen molar-refractivity contribution in [1.29, 1.82) is 0 Å². The Bertz CT molecular complexity index is 818. The molecule has 0 saturated heterocycles. The van der Waals surface area contributed by atoms with Crippen LogP contribution < -0.4 is 10.2 Å². The van der Waals surface area contributed by atoms with Gasteiger partial charge in [0, 0.05) is 17.9 Å². The van der Waals surface area contributed by atoms with Gasteiger partial charge in [0.2, 0.25) is 0 Å². The van der Waals surface area contributed by atoms with E-state index in [9.17, 15) is 4.79 Å². The summed E-state index contributed by atoms with van der Waals surface area (Å²) in [7, 11) is 0. The van der Waals surface area contributed by atoms with Crippen molar-refractivity contribution in [3.8, 4) is 0 Å². The Morgan fingerprint density at radius 2 is 1.88 bits per heavy atom. The molecule has 0 aromatic heterocycles. The van der Waals surface area contributed by atoms with Crippen molar-refractivity contribution in [3.63, 3.8) is 0 Å². The predicted octanol–water partition coefficient (Wildman–Crippen LogP) is 5.58. The third-order valence-electron chi connectivity index (χ3n) is 4.09. The van der Waals surface area contributed by atoms with Gasteiger partial charge in [-0.05, 0) is 57.0 Å². The molecule has 3 rings (SSSR count). The highest BCUT2D eigenvalue weighted by atomic mass is 35.5. The summed E-state index contributed by atoms with van der Waals surface area (Å²) in [6, 6.07) is 13.6. The zero-order chi connectivity index (χ0) is 18.9. The third kappa shape index (κ3) is 4.43. The maximum Gasteiger partial charge on any atom is 0.407 e. The van der Waals surface area contributed by atoms with E-state index >= 15 is 0 Å². The van der Waals surface area contributed by atoms with Crippen molar-refractivity contribution < 1.29 is 9.53 Å². The number of carbonyl (C=O) groups is 1. The summed E-state index contributed by atoms with van der Waals surface area (Å²) in [5.74, 6) is 0. The van der Waals surface area contributed by atoms with Crippen molar-refractivity contribution in [2.75, 3.05) is 11.4 Å². The summed E-state index contributed by atoms with van der Waals surface area (Å²) < 4.78 is 5.40. The van der Waals surface area contributed by atoms with E-state index in [1.165, 1.54) is 0 Å². The standard InChI is InChI=1S/C20H22Cl2N2O2/c1-20(2,3)26-19(25)23-14-10-13-6-4-5-7-18(13)24(12-14)15-8-9-16(21)17(22)11-15/h4-9,11,14H,10,12H2,1-3H3,(H,23,25). The number of halogens is 2. The molecule has 4 nitrogen and oxygen atoms in total. The Balaban J connectivity index is 1.86. The molecule has 1 amide bonds. The van der Waals surface area contributed by atoms with Crippen LogP contribution in [0.3, 0.4) is 0 Å². The highest BCUT2D eigenvalue weighted by molar-refractivity contribution is 6.42. The van der Waals surface area contributed by atoms with Crippen LogP contribution in [-0.2, 0) is 11.2 Å². The van der Waals surface area contributed by atoms with Gasteiger partial charge >= 0.3 is 6.09 Å². The summed E-state index contributed by atoms with van der Waals surface area (Å²) in [5.41, 5.74) is 2.67. The number of amides is 1. The first-order valence-electron chi connectivity index (χ1n) is 8.53. The lowest BCUT2D eigenvalue weighted by molar-refractivity contribution is 0.0505. The molecule has 1 heterocycles. The number of hydrogen-bond acceptors (Lipinski definition) is 3. The van der Waals surface area contributed by atoms with Crippen LogP contribution in [0.15, 0.2) is 42.5 Å². The Morgan fingerprint density at radius 1 is 1.15 bits per heavy atom. The molecule has 26 heavy (non-hydrogen) atoms. The number of nitrogens with one attached hydrogen (secondary N) is 1. The zero-order valence-electron chi connectivity index (χ0n) is 15.1. The zero-order valence-corrected chi connectivity index (χ0v) is 16.6. The van der Waals surface area contributed by atoms with Crippen molar-refractivity contribution in [2.24, 2.45) is 0 Å². The van der Waals surface area contributed by atoms with Crippen LogP contribution in [0, 0.1) is 0 Å². The van der Waals surface area contributed by atoms with Crippen molar-refractivity contribution in [1.82, 2.24) is 5.32 Å². The number of benzene rings is 2. The van der Waals surface area contributed by atoms with Gasteiger partial charge in [0.1, 0.15) is 5.60 Å². The number of rotatable bonds is 2. The van der Waals surface area contributed by atoms with Crippen LogP contribution in [-0.4, -0.2) is 24.3 Å². The average Bonchev–Trinajstić information content (AvgIpc) is 2.55. The molecule has 1 aliphatic heterocycles. The number of fused-ring (bicyclic) bond motifs is 1. The average molecular weight is 393 g/mol. The number of anilines is 2. The van der Waals surface area contributed by atoms with E-state index in [4.69, 9.17) is 27.9 Å². The van der Waals surface area contributed by atoms with Crippen LogP contribution in [0.5, 0.6) is 0 Å². The smallest absolute Gasteiger partial charge is 0.407 e. The van der Waals surface area contributed by atoms with Crippen molar-refractivity contribution in [2.45, 2.75) is 38.8 Å². The number of alkyl carbamates (subject to hydrolysis) is 1. The Labute approximate surface area is 164 Å². The monoisotopic (exact) mass is 392 g/mol. The molecule has 1 aliphatic rings. The topological polar surface area (TPSA) is 41.6 Å². The molecule has 0 saturated carbocycles. The second kappa shape index (κ2) is 7.37. The van der Waals surface area contributed by atoms with E-state index in [0.717, 1.165) is 23.4 Å². The van der Waals surface area contributed by atoms with Gasteiger partial charge in [-0.25, -0.2) is 4.79 Å². The van der Waals surface area contributed by atoms with Gasteiger partial charge in [-0.2, -0.15) is 0 Å². The predicted molar refractivity (Wildman–Crippen MR) is 107 cm³/mol. The van der Waals surface area contributed by atoms with E-state index in [0.29, 0.717) is 16.6 Å². The van der Waals surface area contributed by atoms with E-state index in [1.54, 1.807) is 6.07 Å². The Morgan fingerprint density at radius 3 is 2.58 bits per heavy atom. The maximum absolute atomic E-state index is 12.2. The molecule has 1 N–H and O–H groups in total. The lowest BCUT2D eigenvalue weighted by Gasteiger charge is -2.36. The minimum absolute atomic E-state index is 0.0748. The minimum Gasteiger partial charge on any atom is -0.444 e. The quantitative estimate of drug-likeness (QED) is 0.724. The highest BCUT2D eigenvalue weighted by Gasteiger charge is 2.28. The first-order chi connectivity index (χ1) is 12.2. The van der Waals surface area contributed by atoms with E-state index in [1.807, 2.05) is 45.0 Å². The van der Waals surface area contributed by atoms with Crippen molar-refractivity contribution >= 4 is 40.7 Å². The molecule has 0 bridgehead atoms.